The van der Waals surface area contributed by atoms with Crippen LogP contribution in [0.15, 0.2) is 45.8 Å². The molecule has 0 saturated carbocycles. The van der Waals surface area contributed by atoms with Gasteiger partial charge in [-0.2, -0.15) is 0 Å². The third kappa shape index (κ3) is 1.99. The highest BCUT2D eigenvalue weighted by Gasteiger charge is 2.24. The van der Waals surface area contributed by atoms with E-state index in [1.165, 1.54) is 12.3 Å². The Morgan fingerprint density at radius 1 is 1.17 bits per heavy atom. The highest BCUT2D eigenvalue weighted by atomic mass is 16.7. The minimum atomic E-state index is -0.341. The lowest BCUT2D eigenvalue weighted by Gasteiger charge is -2.07. The van der Waals surface area contributed by atoms with Crippen LogP contribution in [0.4, 0.5) is 0 Å². The Labute approximate surface area is 130 Å². The van der Waals surface area contributed by atoms with Crippen LogP contribution in [-0.2, 0) is 0 Å². The SMILES string of the molecule is COc1ccc(-c2coc3cc4c(c(O)c3c2=O)OCO4)cc1. The van der Waals surface area contributed by atoms with Crippen LogP contribution >= 0.6 is 0 Å². The van der Waals surface area contributed by atoms with Gasteiger partial charge in [-0.05, 0) is 17.7 Å². The number of benzene rings is 2. The van der Waals surface area contributed by atoms with E-state index in [4.69, 9.17) is 18.6 Å². The zero-order valence-corrected chi connectivity index (χ0v) is 12.2. The molecule has 0 amide bonds. The second-order valence-corrected chi connectivity index (χ2v) is 5.04. The van der Waals surface area contributed by atoms with E-state index in [1.54, 1.807) is 31.4 Å². The fourth-order valence-electron chi connectivity index (χ4n) is 2.59. The zero-order valence-electron chi connectivity index (χ0n) is 12.2. The van der Waals surface area contributed by atoms with Gasteiger partial charge in [0.2, 0.25) is 18.0 Å². The van der Waals surface area contributed by atoms with E-state index in [2.05, 4.69) is 0 Å². The molecule has 0 fully saturated rings. The summed E-state index contributed by atoms with van der Waals surface area (Å²) in [6.07, 6.45) is 1.37. The fourth-order valence-corrected chi connectivity index (χ4v) is 2.59. The van der Waals surface area contributed by atoms with Crippen LogP contribution in [-0.4, -0.2) is 19.0 Å². The number of aromatic hydroxyl groups is 1. The highest BCUT2D eigenvalue weighted by Crippen LogP contribution is 2.44. The molecule has 23 heavy (non-hydrogen) atoms. The highest BCUT2D eigenvalue weighted by molar-refractivity contribution is 5.91. The Kier molecular flexibility index (Phi) is 2.90. The molecule has 1 aliphatic rings. The largest absolute Gasteiger partial charge is 0.504 e. The van der Waals surface area contributed by atoms with E-state index in [-0.39, 0.29) is 34.7 Å². The smallest absolute Gasteiger partial charge is 0.231 e. The summed E-state index contributed by atoms with van der Waals surface area (Å²) in [6, 6.07) is 8.54. The molecule has 0 aliphatic carbocycles. The van der Waals surface area contributed by atoms with Crippen LogP contribution in [0, 0.1) is 0 Å². The minimum Gasteiger partial charge on any atom is -0.504 e. The normalized spacial score (nSPS) is 12.6. The first-order chi connectivity index (χ1) is 11.2. The summed E-state index contributed by atoms with van der Waals surface area (Å²) < 4.78 is 21.0. The van der Waals surface area contributed by atoms with Crippen molar-refractivity contribution in [1.29, 1.82) is 0 Å². The van der Waals surface area contributed by atoms with Crippen molar-refractivity contribution in [2.75, 3.05) is 13.9 Å². The van der Waals surface area contributed by atoms with Gasteiger partial charge in [0.25, 0.3) is 0 Å². The van der Waals surface area contributed by atoms with E-state index < -0.39 is 0 Å². The number of hydrogen-bond donors (Lipinski definition) is 1. The monoisotopic (exact) mass is 312 g/mol. The Hall–Kier alpha value is -3.15. The number of phenolic OH excluding ortho intramolecular Hbond substituents is 1. The lowest BCUT2D eigenvalue weighted by Crippen LogP contribution is -2.05. The molecular weight excluding hydrogens is 300 g/mol. The van der Waals surface area contributed by atoms with Crippen LogP contribution in [0.2, 0.25) is 0 Å². The molecule has 6 heteroatoms. The molecule has 4 rings (SSSR count). The van der Waals surface area contributed by atoms with Crippen LogP contribution in [0.1, 0.15) is 0 Å². The van der Waals surface area contributed by atoms with Crippen molar-refractivity contribution in [1.82, 2.24) is 0 Å². The van der Waals surface area contributed by atoms with Crippen molar-refractivity contribution < 1.29 is 23.7 Å². The van der Waals surface area contributed by atoms with Crippen LogP contribution in [0.5, 0.6) is 23.0 Å². The summed E-state index contributed by atoms with van der Waals surface area (Å²) in [4.78, 5) is 12.8. The fraction of sp³-hybridized carbons (Fsp3) is 0.118. The van der Waals surface area contributed by atoms with Gasteiger partial charge in [0.1, 0.15) is 23.0 Å². The molecule has 0 atom stereocenters. The predicted octanol–water partition coefficient (Wildman–Crippen LogP) is 2.90. The number of phenols is 1. The molecule has 0 saturated heterocycles. The van der Waals surface area contributed by atoms with Gasteiger partial charge < -0.3 is 23.7 Å². The average molecular weight is 312 g/mol. The van der Waals surface area contributed by atoms with Gasteiger partial charge in [-0.25, -0.2) is 0 Å². The molecule has 1 aliphatic heterocycles. The maximum Gasteiger partial charge on any atom is 0.231 e. The first-order valence-electron chi connectivity index (χ1n) is 6.90. The predicted molar refractivity (Wildman–Crippen MR) is 82.3 cm³/mol. The van der Waals surface area contributed by atoms with E-state index >= 15 is 0 Å². The van der Waals surface area contributed by atoms with Gasteiger partial charge in [-0.3, -0.25) is 4.79 Å². The molecule has 0 radical (unpaired) electrons. The van der Waals surface area contributed by atoms with Gasteiger partial charge in [-0.15, -0.1) is 0 Å². The molecule has 116 valence electrons. The van der Waals surface area contributed by atoms with Crippen molar-refractivity contribution in [2.24, 2.45) is 0 Å². The van der Waals surface area contributed by atoms with Gasteiger partial charge >= 0.3 is 0 Å². The molecule has 6 nitrogen and oxygen atoms in total. The second kappa shape index (κ2) is 4.95. The van der Waals surface area contributed by atoms with Crippen LogP contribution in [0.25, 0.3) is 22.1 Å². The summed E-state index contributed by atoms with van der Waals surface area (Å²) in [5, 5.41) is 10.4. The standard InChI is InChI=1S/C17H12O6/c1-20-10-4-2-9(3-5-10)11-7-21-12-6-13-17(23-8-22-13)16(19)14(12)15(11)18/h2-7,19H,8H2,1H3. The second-order valence-electron chi connectivity index (χ2n) is 5.04. The summed E-state index contributed by atoms with van der Waals surface area (Å²) in [5.74, 6) is 0.941. The van der Waals surface area contributed by atoms with Gasteiger partial charge in [0.15, 0.2) is 11.5 Å². The van der Waals surface area contributed by atoms with Crippen molar-refractivity contribution in [3.05, 3.63) is 46.8 Å². The van der Waals surface area contributed by atoms with Crippen molar-refractivity contribution in [3.63, 3.8) is 0 Å². The third-order valence-corrected chi connectivity index (χ3v) is 3.78. The molecular formula is C17H12O6. The molecule has 0 bridgehead atoms. The number of rotatable bonds is 2. The maximum atomic E-state index is 12.8. The maximum absolute atomic E-state index is 12.8. The topological polar surface area (TPSA) is 78.1 Å². The first kappa shape index (κ1) is 13.5. The molecule has 0 spiro atoms. The summed E-state index contributed by atoms with van der Waals surface area (Å²) in [5.41, 5.74) is 0.911. The third-order valence-electron chi connectivity index (χ3n) is 3.78. The first-order valence-corrected chi connectivity index (χ1v) is 6.90. The molecule has 1 N–H and O–H groups in total. The van der Waals surface area contributed by atoms with E-state index in [0.29, 0.717) is 22.6 Å². The average Bonchev–Trinajstić information content (AvgIpc) is 3.04. The molecule has 1 aromatic heterocycles. The quantitative estimate of drug-likeness (QED) is 0.784. The van der Waals surface area contributed by atoms with E-state index in [9.17, 15) is 9.90 Å². The van der Waals surface area contributed by atoms with Crippen LogP contribution in [0.3, 0.4) is 0 Å². The van der Waals surface area contributed by atoms with Gasteiger partial charge in [0, 0.05) is 6.07 Å². The molecule has 2 heterocycles. The summed E-state index contributed by atoms with van der Waals surface area (Å²) in [6.45, 7) is -0.00125. The van der Waals surface area contributed by atoms with Gasteiger partial charge in [-0.1, -0.05) is 12.1 Å². The van der Waals surface area contributed by atoms with E-state index in [0.717, 1.165) is 0 Å². The van der Waals surface area contributed by atoms with Crippen molar-refractivity contribution in [2.45, 2.75) is 0 Å². The summed E-state index contributed by atoms with van der Waals surface area (Å²) in [7, 11) is 1.57. The lowest BCUT2D eigenvalue weighted by molar-refractivity contribution is 0.171. The Balaban J connectivity index is 1.95. The van der Waals surface area contributed by atoms with Crippen molar-refractivity contribution in [3.8, 4) is 34.1 Å². The molecule has 2 aromatic carbocycles. The Bertz CT molecular complexity index is 955. The summed E-state index contributed by atoms with van der Waals surface area (Å²) >= 11 is 0. The van der Waals surface area contributed by atoms with Gasteiger partial charge in [0.05, 0.1) is 12.7 Å². The Morgan fingerprint density at radius 3 is 2.70 bits per heavy atom. The Morgan fingerprint density at radius 2 is 1.96 bits per heavy atom. The van der Waals surface area contributed by atoms with Crippen molar-refractivity contribution >= 4 is 11.0 Å². The number of ether oxygens (including phenoxy) is 3. The zero-order chi connectivity index (χ0) is 16.0. The number of hydrogen-bond acceptors (Lipinski definition) is 6. The molecule has 3 aromatic rings. The minimum absolute atomic E-state index is 0.00125. The van der Waals surface area contributed by atoms with E-state index in [1.807, 2.05) is 0 Å². The molecule has 0 unspecified atom stereocenters. The number of methoxy groups -OCH3 is 1. The number of fused-ring (bicyclic) bond motifs is 2. The lowest BCUT2D eigenvalue weighted by atomic mass is 10.0. The van der Waals surface area contributed by atoms with Crippen LogP contribution < -0.4 is 19.6 Å².